The number of aromatic hydroxyl groups is 1. The highest BCUT2D eigenvalue weighted by Crippen LogP contribution is 2.31. The smallest absolute Gasteiger partial charge is 0.226 e. The lowest BCUT2D eigenvalue weighted by Crippen LogP contribution is -2.02. The van der Waals surface area contributed by atoms with Crippen LogP contribution in [-0.2, 0) is 5.75 Å². The molecule has 146 valence electrons. The molecule has 0 aliphatic rings. The van der Waals surface area contributed by atoms with Crippen molar-refractivity contribution >= 4 is 11.8 Å². The van der Waals surface area contributed by atoms with E-state index in [1.165, 1.54) is 23.9 Å². The molecule has 8 heteroatoms. The quantitative estimate of drug-likeness (QED) is 0.494. The molecule has 0 aliphatic carbocycles. The Morgan fingerprint density at radius 2 is 1.90 bits per heavy atom. The topological polar surface area (TPSA) is 81.2 Å². The summed E-state index contributed by atoms with van der Waals surface area (Å²) >= 11 is 1.29. The van der Waals surface area contributed by atoms with E-state index in [2.05, 4.69) is 10.2 Å². The van der Waals surface area contributed by atoms with Crippen molar-refractivity contribution in [3.63, 3.8) is 0 Å². The third kappa shape index (κ3) is 3.93. The Hall–Kier alpha value is -3.39. The minimum atomic E-state index is -0.515. The van der Waals surface area contributed by atoms with Gasteiger partial charge in [0.25, 0.3) is 0 Å². The Balaban J connectivity index is 1.75. The minimum absolute atomic E-state index is 0.288. The average molecular weight is 409 g/mol. The van der Waals surface area contributed by atoms with Crippen molar-refractivity contribution in [1.29, 1.82) is 0 Å². The molecule has 0 aliphatic heterocycles. The van der Waals surface area contributed by atoms with Crippen LogP contribution in [0.15, 0.2) is 75.2 Å². The molecule has 2 aromatic carbocycles. The molecule has 0 spiro atoms. The molecular formula is C21H16FN3O3S. The van der Waals surface area contributed by atoms with Gasteiger partial charge in [0.05, 0.1) is 11.3 Å². The van der Waals surface area contributed by atoms with Crippen molar-refractivity contribution in [3.05, 3.63) is 88.2 Å². The maximum atomic E-state index is 14.4. The predicted octanol–water partition coefficient (Wildman–Crippen LogP) is 4.33. The summed E-state index contributed by atoms with van der Waals surface area (Å²) in [4.78, 5) is 11.6. The summed E-state index contributed by atoms with van der Waals surface area (Å²) in [7, 11) is 0. The zero-order valence-corrected chi connectivity index (χ0v) is 16.2. The van der Waals surface area contributed by atoms with Crippen LogP contribution in [0.5, 0.6) is 5.75 Å². The summed E-state index contributed by atoms with van der Waals surface area (Å²) in [6.07, 6.45) is 1.01. The van der Waals surface area contributed by atoms with Crippen LogP contribution < -0.4 is 5.43 Å². The molecule has 1 N–H and O–H groups in total. The van der Waals surface area contributed by atoms with Crippen LogP contribution in [0.3, 0.4) is 0 Å². The number of nitrogens with zero attached hydrogens (tertiary/aromatic N) is 3. The predicted molar refractivity (Wildman–Crippen MR) is 108 cm³/mol. The van der Waals surface area contributed by atoms with E-state index >= 15 is 0 Å². The first-order valence-electron chi connectivity index (χ1n) is 8.74. The van der Waals surface area contributed by atoms with Crippen LogP contribution in [0, 0.1) is 12.7 Å². The van der Waals surface area contributed by atoms with Crippen LogP contribution in [0.25, 0.3) is 17.1 Å². The molecule has 0 radical (unpaired) electrons. The molecule has 0 saturated carbocycles. The number of rotatable bonds is 5. The largest absolute Gasteiger partial charge is 0.502 e. The third-order valence-corrected chi connectivity index (χ3v) is 5.20. The van der Waals surface area contributed by atoms with Crippen LogP contribution in [0.1, 0.15) is 11.3 Å². The highest BCUT2D eigenvalue weighted by molar-refractivity contribution is 7.98. The van der Waals surface area contributed by atoms with Gasteiger partial charge >= 0.3 is 0 Å². The Kier molecular flexibility index (Phi) is 5.18. The van der Waals surface area contributed by atoms with Crippen LogP contribution >= 0.6 is 11.8 Å². The number of hydrogen-bond acceptors (Lipinski definition) is 6. The maximum absolute atomic E-state index is 14.4. The average Bonchev–Trinajstić information content (AvgIpc) is 3.13. The van der Waals surface area contributed by atoms with E-state index in [4.69, 9.17) is 4.42 Å². The molecule has 0 bridgehead atoms. The zero-order chi connectivity index (χ0) is 20.4. The summed E-state index contributed by atoms with van der Waals surface area (Å²) < 4.78 is 21.4. The molecule has 0 saturated heterocycles. The number of halogens is 1. The number of aromatic nitrogens is 3. The standard InChI is InChI=1S/C21H16FN3O3S/c1-13-6-8-14(9-7-13)25-20(16-4-2-3-5-17(16)22)23-24-21(25)29-12-15-10-18(26)19(27)11-28-15/h2-11,27H,12H2,1H3. The third-order valence-electron chi connectivity index (χ3n) is 4.25. The minimum Gasteiger partial charge on any atom is -0.502 e. The van der Waals surface area contributed by atoms with Crippen molar-refractivity contribution < 1.29 is 13.9 Å². The Labute approximate surface area is 169 Å². The van der Waals surface area contributed by atoms with Crippen molar-refractivity contribution in [1.82, 2.24) is 14.8 Å². The molecule has 0 unspecified atom stereocenters. The van der Waals surface area contributed by atoms with Crippen LogP contribution in [0.2, 0.25) is 0 Å². The number of benzene rings is 2. The lowest BCUT2D eigenvalue weighted by Gasteiger charge is -2.11. The molecule has 4 rings (SSSR count). The van der Waals surface area contributed by atoms with E-state index in [0.717, 1.165) is 17.5 Å². The SMILES string of the molecule is Cc1ccc(-n2c(SCc3cc(=O)c(O)co3)nnc2-c2ccccc2F)cc1. The number of aryl methyl sites for hydroxylation is 1. The van der Waals surface area contributed by atoms with Gasteiger partial charge < -0.3 is 9.52 Å². The van der Waals surface area contributed by atoms with Gasteiger partial charge in [0.1, 0.15) is 17.8 Å². The monoisotopic (exact) mass is 409 g/mol. The normalized spacial score (nSPS) is 11.0. The van der Waals surface area contributed by atoms with Gasteiger partial charge in [-0.25, -0.2) is 4.39 Å². The lowest BCUT2D eigenvalue weighted by molar-refractivity contribution is 0.419. The van der Waals surface area contributed by atoms with Gasteiger partial charge in [0, 0.05) is 11.8 Å². The summed E-state index contributed by atoms with van der Waals surface area (Å²) in [5, 5.41) is 18.3. The summed E-state index contributed by atoms with van der Waals surface area (Å²) in [5.74, 6) is 0.208. The molecule has 0 fully saturated rings. The van der Waals surface area contributed by atoms with Crippen molar-refractivity contribution in [3.8, 4) is 22.8 Å². The summed E-state index contributed by atoms with van der Waals surface area (Å²) in [6.45, 7) is 1.98. The van der Waals surface area contributed by atoms with Gasteiger partial charge in [-0.3, -0.25) is 9.36 Å². The molecular weight excluding hydrogens is 393 g/mol. The first-order chi connectivity index (χ1) is 14.0. The fourth-order valence-corrected chi connectivity index (χ4v) is 3.60. The van der Waals surface area contributed by atoms with Crippen molar-refractivity contribution in [2.24, 2.45) is 0 Å². The van der Waals surface area contributed by atoms with Gasteiger partial charge in [-0.2, -0.15) is 0 Å². The summed E-state index contributed by atoms with van der Waals surface area (Å²) in [5.41, 5.74) is 1.70. The molecule has 0 atom stereocenters. The molecule has 4 aromatic rings. The highest BCUT2D eigenvalue weighted by Gasteiger charge is 2.19. The first-order valence-corrected chi connectivity index (χ1v) is 9.72. The van der Waals surface area contributed by atoms with Crippen molar-refractivity contribution in [2.45, 2.75) is 17.8 Å². The van der Waals surface area contributed by atoms with E-state index in [9.17, 15) is 14.3 Å². The Morgan fingerprint density at radius 1 is 1.14 bits per heavy atom. The zero-order valence-electron chi connectivity index (χ0n) is 15.4. The van der Waals surface area contributed by atoms with Gasteiger partial charge in [0.15, 0.2) is 16.7 Å². The summed E-state index contributed by atoms with van der Waals surface area (Å²) in [6, 6.07) is 15.3. The molecule has 6 nitrogen and oxygen atoms in total. The molecule has 2 aromatic heterocycles. The van der Waals surface area contributed by atoms with E-state index in [1.807, 2.05) is 31.2 Å². The maximum Gasteiger partial charge on any atom is 0.226 e. The Morgan fingerprint density at radius 3 is 2.62 bits per heavy atom. The number of hydrogen-bond donors (Lipinski definition) is 1. The van der Waals surface area contributed by atoms with E-state index in [1.54, 1.807) is 22.8 Å². The lowest BCUT2D eigenvalue weighted by atomic mass is 10.2. The first kappa shape index (κ1) is 18.9. The highest BCUT2D eigenvalue weighted by atomic mass is 32.2. The second-order valence-corrected chi connectivity index (χ2v) is 7.28. The second kappa shape index (κ2) is 7.92. The van der Waals surface area contributed by atoms with E-state index < -0.39 is 17.0 Å². The van der Waals surface area contributed by atoms with Crippen LogP contribution in [-0.4, -0.2) is 19.9 Å². The van der Waals surface area contributed by atoms with Gasteiger partial charge in [-0.1, -0.05) is 41.6 Å². The Bertz CT molecular complexity index is 1220. The molecule has 0 amide bonds. The fourth-order valence-electron chi connectivity index (χ4n) is 2.76. The van der Waals surface area contributed by atoms with Gasteiger partial charge in [-0.15, -0.1) is 10.2 Å². The molecule has 29 heavy (non-hydrogen) atoms. The van der Waals surface area contributed by atoms with Gasteiger partial charge in [0.2, 0.25) is 5.43 Å². The molecule has 2 heterocycles. The van der Waals surface area contributed by atoms with Gasteiger partial charge in [-0.05, 0) is 31.2 Å². The van der Waals surface area contributed by atoms with Crippen molar-refractivity contribution in [2.75, 3.05) is 0 Å². The second-order valence-electron chi connectivity index (χ2n) is 6.34. The van der Waals surface area contributed by atoms with E-state index in [0.29, 0.717) is 22.3 Å². The number of thioether (sulfide) groups is 1. The van der Waals surface area contributed by atoms with E-state index in [-0.39, 0.29) is 5.75 Å². The van der Waals surface area contributed by atoms with Crippen LogP contribution in [0.4, 0.5) is 4.39 Å². The fraction of sp³-hybridized carbons (Fsp3) is 0.0952.